The zero-order chi connectivity index (χ0) is 21.1. The summed E-state index contributed by atoms with van der Waals surface area (Å²) in [5.41, 5.74) is 0.573. The number of sulfonamides is 1. The molecule has 1 saturated carbocycles. The van der Waals surface area contributed by atoms with Gasteiger partial charge < -0.3 is 9.15 Å². The average molecular weight is 447 g/mol. The minimum Gasteiger partial charge on any atom is -0.462 e. The number of benzene rings is 1. The quantitative estimate of drug-likeness (QED) is 0.511. The lowest BCUT2D eigenvalue weighted by Gasteiger charge is -2.08. The Hall–Kier alpha value is -2.65. The number of oxazole rings is 1. The fraction of sp³-hybridized carbons (Fsp3) is 0.333. The number of carbonyl (C=O) groups is 1. The Kier molecular flexibility index (Phi) is 5.92. The van der Waals surface area contributed by atoms with E-state index in [2.05, 4.69) is 9.71 Å². The number of rotatable bonds is 7. The third-order valence-corrected chi connectivity index (χ3v) is 7.92. The van der Waals surface area contributed by atoms with Crippen molar-refractivity contribution < 1.29 is 22.4 Å². The molecule has 0 aliphatic heterocycles. The highest BCUT2D eigenvalue weighted by Gasteiger charge is 2.24. The van der Waals surface area contributed by atoms with Crippen molar-refractivity contribution in [3.8, 4) is 10.6 Å². The van der Waals surface area contributed by atoms with Gasteiger partial charge in [-0.15, -0.1) is 11.3 Å². The van der Waals surface area contributed by atoms with Crippen LogP contribution in [0.25, 0.3) is 10.6 Å². The van der Waals surface area contributed by atoms with E-state index >= 15 is 0 Å². The summed E-state index contributed by atoms with van der Waals surface area (Å²) in [4.78, 5) is 17.0. The Bertz CT molecular complexity index is 1140. The van der Waals surface area contributed by atoms with Crippen LogP contribution >= 0.6 is 11.3 Å². The Morgan fingerprint density at radius 3 is 2.83 bits per heavy atom. The second kappa shape index (κ2) is 8.61. The number of hydrogen-bond acceptors (Lipinski definition) is 7. The van der Waals surface area contributed by atoms with Gasteiger partial charge in [0.15, 0.2) is 11.7 Å². The van der Waals surface area contributed by atoms with Crippen molar-refractivity contribution >= 4 is 33.0 Å². The van der Waals surface area contributed by atoms with E-state index in [1.165, 1.54) is 25.0 Å². The molecule has 0 spiro atoms. The number of thiophene rings is 1. The Labute approximate surface area is 179 Å². The van der Waals surface area contributed by atoms with Crippen LogP contribution in [0.1, 0.15) is 54.8 Å². The predicted octanol–water partition coefficient (Wildman–Crippen LogP) is 5.04. The molecule has 0 amide bonds. The molecule has 4 rings (SSSR count). The van der Waals surface area contributed by atoms with E-state index in [-0.39, 0.29) is 16.4 Å². The molecule has 2 heterocycles. The minimum absolute atomic E-state index is 0.151. The number of nitrogens with one attached hydrogen (secondary N) is 1. The zero-order valence-electron chi connectivity index (χ0n) is 16.5. The SMILES string of the molecule is CCOC(=O)c1cccc(NS(=O)(=O)c2ccc(-c3cnc(C4CCCC4)o3)s2)c1. The van der Waals surface area contributed by atoms with Crippen LogP contribution in [0.3, 0.4) is 0 Å². The average Bonchev–Trinajstić information content (AvgIpc) is 3.48. The first-order valence-corrected chi connectivity index (χ1v) is 12.1. The molecule has 0 atom stereocenters. The second-order valence-corrected chi connectivity index (χ2v) is 10.1. The smallest absolute Gasteiger partial charge is 0.338 e. The second-order valence-electron chi connectivity index (χ2n) is 7.07. The van der Waals surface area contributed by atoms with Crippen molar-refractivity contribution in [1.82, 2.24) is 4.98 Å². The molecule has 2 aromatic heterocycles. The van der Waals surface area contributed by atoms with Crippen LogP contribution in [0.2, 0.25) is 0 Å². The van der Waals surface area contributed by atoms with Crippen molar-refractivity contribution in [3.63, 3.8) is 0 Å². The molecule has 1 aliphatic carbocycles. The van der Waals surface area contributed by atoms with E-state index in [0.29, 0.717) is 22.2 Å². The molecule has 0 unspecified atom stereocenters. The Balaban J connectivity index is 1.51. The first-order chi connectivity index (χ1) is 14.5. The van der Waals surface area contributed by atoms with Crippen molar-refractivity contribution in [2.24, 2.45) is 0 Å². The summed E-state index contributed by atoms with van der Waals surface area (Å²) in [6.45, 7) is 1.96. The van der Waals surface area contributed by atoms with Crippen molar-refractivity contribution in [2.75, 3.05) is 11.3 Å². The van der Waals surface area contributed by atoms with Crippen molar-refractivity contribution in [2.45, 2.75) is 42.7 Å². The number of carbonyl (C=O) groups excluding carboxylic acids is 1. The zero-order valence-corrected chi connectivity index (χ0v) is 18.1. The van der Waals surface area contributed by atoms with Gasteiger partial charge in [-0.2, -0.15) is 0 Å². The lowest BCUT2D eigenvalue weighted by molar-refractivity contribution is 0.0526. The summed E-state index contributed by atoms with van der Waals surface area (Å²) < 4.78 is 39.1. The van der Waals surface area contributed by atoms with Gasteiger partial charge in [0.2, 0.25) is 0 Å². The topological polar surface area (TPSA) is 98.5 Å². The van der Waals surface area contributed by atoms with Gasteiger partial charge in [0, 0.05) is 11.6 Å². The maximum atomic E-state index is 12.8. The monoisotopic (exact) mass is 446 g/mol. The molecule has 1 aromatic carbocycles. The molecule has 158 valence electrons. The first-order valence-electron chi connectivity index (χ1n) is 9.82. The van der Waals surface area contributed by atoms with Crippen LogP contribution in [0, 0.1) is 0 Å². The molecular formula is C21H22N2O5S2. The molecule has 3 aromatic rings. The van der Waals surface area contributed by atoms with Crippen LogP contribution in [-0.4, -0.2) is 26.0 Å². The Morgan fingerprint density at radius 1 is 1.27 bits per heavy atom. The summed E-state index contributed by atoms with van der Waals surface area (Å²) >= 11 is 1.11. The molecule has 9 heteroatoms. The van der Waals surface area contributed by atoms with Gasteiger partial charge in [0.1, 0.15) is 4.21 Å². The molecule has 7 nitrogen and oxygen atoms in total. The molecule has 0 bridgehead atoms. The molecule has 1 fully saturated rings. The number of nitrogens with zero attached hydrogens (tertiary/aromatic N) is 1. The van der Waals surface area contributed by atoms with Gasteiger partial charge in [-0.1, -0.05) is 18.9 Å². The number of esters is 1. The fourth-order valence-electron chi connectivity index (χ4n) is 3.49. The van der Waals surface area contributed by atoms with Crippen LogP contribution in [0.4, 0.5) is 5.69 Å². The normalized spacial score (nSPS) is 14.7. The van der Waals surface area contributed by atoms with Crippen LogP contribution in [0.15, 0.2) is 51.2 Å². The van der Waals surface area contributed by atoms with Crippen LogP contribution in [-0.2, 0) is 14.8 Å². The van der Waals surface area contributed by atoms with E-state index in [0.717, 1.165) is 30.1 Å². The van der Waals surface area contributed by atoms with Gasteiger partial charge in [0.05, 0.1) is 23.2 Å². The van der Waals surface area contributed by atoms with Crippen LogP contribution < -0.4 is 4.72 Å². The minimum atomic E-state index is -3.81. The predicted molar refractivity (Wildman–Crippen MR) is 114 cm³/mol. The third-order valence-electron chi connectivity index (χ3n) is 4.94. The molecule has 0 radical (unpaired) electrons. The van der Waals surface area contributed by atoms with Gasteiger partial charge in [-0.05, 0) is 50.1 Å². The highest BCUT2D eigenvalue weighted by Crippen LogP contribution is 2.37. The summed E-state index contributed by atoms with van der Waals surface area (Å²) in [7, 11) is -3.81. The van der Waals surface area contributed by atoms with E-state index in [1.807, 2.05) is 0 Å². The number of ether oxygens (including phenoxy) is 1. The van der Waals surface area contributed by atoms with Gasteiger partial charge in [0.25, 0.3) is 10.0 Å². The standard InChI is InChI=1S/C21H22N2O5S2/c1-2-27-21(24)15-8-5-9-16(12-15)23-30(25,26)19-11-10-18(29-19)17-13-22-20(28-17)14-6-3-4-7-14/h5,8-14,23H,2-4,6-7H2,1H3. The largest absolute Gasteiger partial charge is 0.462 e. The molecular weight excluding hydrogens is 424 g/mol. The summed E-state index contributed by atoms with van der Waals surface area (Å²) in [5.74, 6) is 1.16. The van der Waals surface area contributed by atoms with Gasteiger partial charge in [-0.3, -0.25) is 4.72 Å². The summed E-state index contributed by atoms with van der Waals surface area (Å²) in [6.07, 6.45) is 6.20. The fourth-order valence-corrected chi connectivity index (χ4v) is 5.79. The lowest BCUT2D eigenvalue weighted by atomic mass is 10.1. The van der Waals surface area contributed by atoms with E-state index < -0.39 is 16.0 Å². The summed E-state index contributed by atoms with van der Waals surface area (Å²) in [6, 6.07) is 9.46. The number of aromatic nitrogens is 1. The maximum absolute atomic E-state index is 12.8. The van der Waals surface area contributed by atoms with Gasteiger partial charge in [-0.25, -0.2) is 18.2 Å². The van der Waals surface area contributed by atoms with Crippen molar-refractivity contribution in [3.05, 3.63) is 54.0 Å². The molecule has 30 heavy (non-hydrogen) atoms. The van der Waals surface area contributed by atoms with Crippen molar-refractivity contribution in [1.29, 1.82) is 0 Å². The number of anilines is 1. The summed E-state index contributed by atoms with van der Waals surface area (Å²) in [5, 5.41) is 0. The lowest BCUT2D eigenvalue weighted by Crippen LogP contribution is -2.12. The van der Waals surface area contributed by atoms with E-state index in [9.17, 15) is 13.2 Å². The third kappa shape index (κ3) is 4.41. The first kappa shape index (κ1) is 20.6. The maximum Gasteiger partial charge on any atom is 0.338 e. The Morgan fingerprint density at radius 2 is 2.07 bits per heavy atom. The van der Waals surface area contributed by atoms with Gasteiger partial charge >= 0.3 is 5.97 Å². The number of hydrogen-bond donors (Lipinski definition) is 1. The molecule has 1 aliphatic rings. The van der Waals surface area contributed by atoms with E-state index in [1.54, 1.807) is 37.4 Å². The highest BCUT2D eigenvalue weighted by molar-refractivity contribution is 7.94. The highest BCUT2D eigenvalue weighted by atomic mass is 32.2. The van der Waals surface area contributed by atoms with Crippen LogP contribution in [0.5, 0.6) is 0 Å². The van der Waals surface area contributed by atoms with E-state index in [4.69, 9.17) is 9.15 Å². The molecule has 0 saturated heterocycles. The molecule has 1 N–H and O–H groups in total.